The molecule has 3 amide bonds. The second-order valence-electron chi connectivity index (χ2n) is 7.63. The zero-order valence-electron chi connectivity index (χ0n) is 18.5. The molecule has 1 fully saturated rings. The predicted octanol–water partition coefficient (Wildman–Crippen LogP) is -0.0855. The Balaban J connectivity index is 2.07. The lowest BCUT2D eigenvalue weighted by atomic mass is 10.0. The summed E-state index contributed by atoms with van der Waals surface area (Å²) in [7, 11) is 0. The molecule has 1 aliphatic heterocycles. The lowest BCUT2D eigenvalue weighted by Crippen LogP contribution is -2.63. The Morgan fingerprint density at radius 1 is 1.18 bits per heavy atom. The molecule has 0 spiro atoms. The number of amides is 3. The van der Waals surface area contributed by atoms with E-state index in [-0.39, 0.29) is 25.9 Å². The fourth-order valence-electron chi connectivity index (χ4n) is 3.38. The van der Waals surface area contributed by atoms with Crippen molar-refractivity contribution in [3.63, 3.8) is 0 Å². The molecule has 0 aliphatic carbocycles. The van der Waals surface area contributed by atoms with Gasteiger partial charge in [-0.3, -0.25) is 19.4 Å². The molecule has 1 heterocycles. The van der Waals surface area contributed by atoms with Gasteiger partial charge >= 0.3 is 12.1 Å². The molecule has 0 unspecified atom stereocenters. The third kappa shape index (κ3) is 8.28. The predicted molar refractivity (Wildman–Crippen MR) is 117 cm³/mol. The first kappa shape index (κ1) is 26.5. The van der Waals surface area contributed by atoms with Gasteiger partial charge in [0.2, 0.25) is 5.91 Å². The minimum atomic E-state index is -1.26. The molecule has 0 radical (unpaired) electrons. The Bertz CT molecular complexity index is 879. The Kier molecular flexibility index (Phi) is 10.6. The Labute approximate surface area is 196 Å². The minimum absolute atomic E-state index is 0.0219. The topological polar surface area (TPSA) is 171 Å². The van der Waals surface area contributed by atoms with Crippen molar-refractivity contribution < 1.29 is 38.6 Å². The molecule has 2 rings (SSSR count). The SMILES string of the molecule is O=CCC[C@H](NC(=O)OCc1ccccc1)C(=O)N1NCCC[C@H]1C(=O)N[C@H](C=O)CC(=O)O. The zero-order valence-corrected chi connectivity index (χ0v) is 18.5. The number of rotatable bonds is 12. The molecule has 1 aromatic carbocycles. The Morgan fingerprint density at radius 3 is 2.56 bits per heavy atom. The quantitative estimate of drug-likeness (QED) is 0.301. The first-order chi connectivity index (χ1) is 16.3. The number of aliphatic carboxylic acids is 1. The van der Waals surface area contributed by atoms with Crippen LogP contribution < -0.4 is 16.1 Å². The van der Waals surface area contributed by atoms with E-state index in [0.717, 1.165) is 10.6 Å². The van der Waals surface area contributed by atoms with Gasteiger partial charge in [-0.1, -0.05) is 30.3 Å². The number of benzene rings is 1. The van der Waals surface area contributed by atoms with E-state index in [1.807, 2.05) is 6.07 Å². The number of carboxylic acids is 1. The first-order valence-electron chi connectivity index (χ1n) is 10.8. The Hall–Kier alpha value is -3.80. The largest absolute Gasteiger partial charge is 0.481 e. The summed E-state index contributed by atoms with van der Waals surface area (Å²) >= 11 is 0. The lowest BCUT2D eigenvalue weighted by molar-refractivity contribution is -0.149. The number of ether oxygens (including phenoxy) is 1. The maximum Gasteiger partial charge on any atom is 0.408 e. The second-order valence-corrected chi connectivity index (χ2v) is 7.63. The molecule has 0 saturated carbocycles. The normalized spacial score (nSPS) is 17.1. The van der Waals surface area contributed by atoms with Crippen LogP contribution in [-0.2, 0) is 35.3 Å². The number of nitrogens with zero attached hydrogens (tertiary/aromatic N) is 1. The van der Waals surface area contributed by atoms with Crippen LogP contribution in [0, 0.1) is 0 Å². The van der Waals surface area contributed by atoms with Gasteiger partial charge < -0.3 is 30.1 Å². The van der Waals surface area contributed by atoms with Crippen LogP contribution in [-0.4, -0.2) is 71.2 Å². The van der Waals surface area contributed by atoms with E-state index < -0.39 is 48.4 Å². The summed E-state index contributed by atoms with van der Waals surface area (Å²) in [6, 6.07) is 5.46. The van der Waals surface area contributed by atoms with Crippen LogP contribution in [0.1, 0.15) is 37.7 Å². The fourth-order valence-corrected chi connectivity index (χ4v) is 3.38. The molecule has 1 aromatic rings. The van der Waals surface area contributed by atoms with E-state index in [1.165, 1.54) is 0 Å². The fraction of sp³-hybridized carbons (Fsp3) is 0.455. The van der Waals surface area contributed by atoms with Gasteiger partial charge in [0.25, 0.3) is 5.91 Å². The number of nitrogens with one attached hydrogen (secondary N) is 3. The van der Waals surface area contributed by atoms with E-state index in [4.69, 9.17) is 9.84 Å². The van der Waals surface area contributed by atoms with Gasteiger partial charge in [-0.15, -0.1) is 0 Å². The van der Waals surface area contributed by atoms with Crippen molar-refractivity contribution >= 4 is 36.4 Å². The molecule has 184 valence electrons. The molecule has 0 aromatic heterocycles. The van der Waals surface area contributed by atoms with Gasteiger partial charge in [-0.05, 0) is 24.8 Å². The van der Waals surface area contributed by atoms with Crippen molar-refractivity contribution in [3.8, 4) is 0 Å². The number of carbonyl (C=O) groups is 6. The van der Waals surface area contributed by atoms with Crippen molar-refractivity contribution in [2.24, 2.45) is 0 Å². The third-order valence-electron chi connectivity index (χ3n) is 5.05. The molecule has 34 heavy (non-hydrogen) atoms. The van der Waals surface area contributed by atoms with Gasteiger partial charge in [-0.25, -0.2) is 10.2 Å². The number of hydrogen-bond donors (Lipinski definition) is 4. The summed E-state index contributed by atoms with van der Waals surface area (Å²) < 4.78 is 5.15. The van der Waals surface area contributed by atoms with Crippen molar-refractivity contribution in [1.29, 1.82) is 0 Å². The van der Waals surface area contributed by atoms with Crippen molar-refractivity contribution in [2.45, 2.75) is 56.8 Å². The van der Waals surface area contributed by atoms with Gasteiger partial charge in [0, 0.05) is 13.0 Å². The van der Waals surface area contributed by atoms with Crippen LogP contribution in [0.15, 0.2) is 30.3 Å². The van der Waals surface area contributed by atoms with Gasteiger partial charge in [0.15, 0.2) is 0 Å². The average molecular weight is 476 g/mol. The van der Waals surface area contributed by atoms with Crippen molar-refractivity contribution in [3.05, 3.63) is 35.9 Å². The van der Waals surface area contributed by atoms with Crippen LogP contribution in [0.5, 0.6) is 0 Å². The molecule has 12 heteroatoms. The van der Waals surface area contributed by atoms with Crippen molar-refractivity contribution in [1.82, 2.24) is 21.1 Å². The minimum Gasteiger partial charge on any atom is -0.481 e. The molecule has 1 aliphatic rings. The third-order valence-corrected chi connectivity index (χ3v) is 5.05. The maximum absolute atomic E-state index is 13.2. The summed E-state index contributed by atoms with van der Waals surface area (Å²) in [5, 5.41) is 14.7. The molecule has 0 bridgehead atoms. The van der Waals surface area contributed by atoms with E-state index in [1.54, 1.807) is 24.3 Å². The van der Waals surface area contributed by atoms with E-state index >= 15 is 0 Å². The van der Waals surface area contributed by atoms with E-state index in [2.05, 4.69) is 16.1 Å². The lowest BCUT2D eigenvalue weighted by Gasteiger charge is -2.37. The van der Waals surface area contributed by atoms with Crippen LogP contribution in [0.2, 0.25) is 0 Å². The summed E-state index contributed by atoms with van der Waals surface area (Å²) in [5.74, 6) is -2.64. The Morgan fingerprint density at radius 2 is 1.91 bits per heavy atom. The maximum atomic E-state index is 13.2. The molecular formula is C22H28N4O8. The van der Waals surface area contributed by atoms with Crippen molar-refractivity contribution in [2.75, 3.05) is 6.54 Å². The molecule has 3 atom stereocenters. The van der Waals surface area contributed by atoms with Crippen LogP contribution in [0.25, 0.3) is 0 Å². The molecule has 12 nitrogen and oxygen atoms in total. The molecular weight excluding hydrogens is 448 g/mol. The summed E-state index contributed by atoms with van der Waals surface area (Å²) in [6.45, 7) is 0.353. The highest BCUT2D eigenvalue weighted by atomic mass is 16.5. The van der Waals surface area contributed by atoms with Gasteiger partial charge in [0.05, 0.1) is 12.5 Å². The number of hydrazine groups is 1. The highest BCUT2D eigenvalue weighted by Crippen LogP contribution is 2.14. The highest BCUT2D eigenvalue weighted by molar-refractivity contribution is 5.92. The summed E-state index contributed by atoms with van der Waals surface area (Å²) in [6.07, 6.45) is 0.197. The number of hydrogen-bond acceptors (Lipinski definition) is 8. The first-order valence-corrected chi connectivity index (χ1v) is 10.8. The summed E-state index contributed by atoms with van der Waals surface area (Å²) in [4.78, 5) is 71.1. The number of aldehydes is 2. The zero-order chi connectivity index (χ0) is 24.9. The number of carboxylic acid groups (broad SMARTS) is 1. The smallest absolute Gasteiger partial charge is 0.408 e. The molecule has 4 N–H and O–H groups in total. The van der Waals surface area contributed by atoms with Gasteiger partial charge in [0.1, 0.15) is 31.3 Å². The standard InChI is InChI=1S/C22H28N4O8/c27-11-5-8-17(25-22(33)34-14-15-6-2-1-3-7-15)21(32)26-18(9-4-10-23-26)20(31)24-16(13-28)12-19(29)30/h1-3,6-7,11,13,16-18,23H,4-5,8-10,12,14H2,(H,24,31)(H,25,33)(H,29,30)/t16-,17-,18-/m0/s1. The average Bonchev–Trinajstić information content (AvgIpc) is 2.84. The van der Waals surface area contributed by atoms with E-state index in [0.29, 0.717) is 25.5 Å². The number of alkyl carbamates (subject to hydrolysis) is 1. The second kappa shape index (κ2) is 13.7. The van der Waals surface area contributed by atoms with Gasteiger partial charge in [-0.2, -0.15) is 0 Å². The van der Waals surface area contributed by atoms with E-state index in [9.17, 15) is 28.8 Å². The summed E-state index contributed by atoms with van der Waals surface area (Å²) in [5.41, 5.74) is 3.55. The highest BCUT2D eigenvalue weighted by Gasteiger charge is 2.37. The monoisotopic (exact) mass is 476 g/mol. The van der Waals surface area contributed by atoms with Crippen LogP contribution in [0.3, 0.4) is 0 Å². The van der Waals surface area contributed by atoms with Crippen LogP contribution >= 0.6 is 0 Å². The number of carbonyl (C=O) groups excluding carboxylic acids is 5. The molecule has 1 saturated heterocycles. The van der Waals surface area contributed by atoms with Crippen LogP contribution in [0.4, 0.5) is 4.79 Å².